The Balaban J connectivity index is 2.23. The van der Waals surface area contributed by atoms with Crippen LogP contribution in [0.5, 0.6) is 0 Å². The second-order valence-electron chi connectivity index (χ2n) is 4.26. The summed E-state index contributed by atoms with van der Waals surface area (Å²) in [5.74, 6) is 0. The minimum absolute atomic E-state index is 0.862. The molecule has 0 amide bonds. The lowest BCUT2D eigenvalue weighted by molar-refractivity contribution is 1.18. The molecular formula is C15H15Cl. The number of halogens is 1. The fourth-order valence-electron chi connectivity index (χ4n) is 1.72. The second kappa shape index (κ2) is 4.71. The summed E-state index contributed by atoms with van der Waals surface area (Å²) in [4.78, 5) is 0. The smallest absolute Gasteiger partial charge is 0.0444 e. The van der Waals surface area contributed by atoms with E-state index in [0.29, 0.717) is 0 Å². The molecule has 0 radical (unpaired) electrons. The van der Waals surface area contributed by atoms with Gasteiger partial charge in [-0.3, -0.25) is 0 Å². The average Bonchev–Trinajstić information content (AvgIpc) is 2.25. The molecule has 0 aliphatic rings. The van der Waals surface area contributed by atoms with Crippen molar-refractivity contribution in [3.63, 3.8) is 0 Å². The predicted octanol–water partition coefficient (Wildman–Crippen LogP) is 4.55. The first-order valence-corrected chi connectivity index (χ1v) is 5.83. The fraction of sp³-hybridized carbons (Fsp3) is 0.200. The molecule has 0 unspecified atom stereocenters. The maximum atomic E-state index is 6.21. The number of hydrogen-bond acceptors (Lipinski definition) is 0. The summed E-state index contributed by atoms with van der Waals surface area (Å²) >= 11 is 6.21. The summed E-state index contributed by atoms with van der Waals surface area (Å²) < 4.78 is 0. The molecule has 0 N–H and O–H groups in total. The van der Waals surface area contributed by atoms with Crippen molar-refractivity contribution in [1.82, 2.24) is 0 Å². The van der Waals surface area contributed by atoms with E-state index in [4.69, 9.17) is 11.6 Å². The molecule has 2 aromatic carbocycles. The maximum Gasteiger partial charge on any atom is 0.0444 e. The van der Waals surface area contributed by atoms with Gasteiger partial charge in [-0.15, -0.1) is 0 Å². The van der Waals surface area contributed by atoms with Crippen LogP contribution in [0.4, 0.5) is 0 Å². The van der Waals surface area contributed by atoms with Gasteiger partial charge in [-0.05, 0) is 43.0 Å². The topological polar surface area (TPSA) is 0 Å². The molecule has 0 spiro atoms. The Kier molecular flexibility index (Phi) is 3.31. The van der Waals surface area contributed by atoms with E-state index in [1.54, 1.807) is 0 Å². The summed E-state index contributed by atoms with van der Waals surface area (Å²) in [5, 5.41) is 0.862. The zero-order valence-corrected chi connectivity index (χ0v) is 10.4. The van der Waals surface area contributed by atoms with Crippen molar-refractivity contribution in [2.75, 3.05) is 0 Å². The molecule has 2 rings (SSSR count). The van der Waals surface area contributed by atoms with Crippen LogP contribution in [-0.4, -0.2) is 0 Å². The normalized spacial score (nSPS) is 10.4. The Morgan fingerprint density at radius 1 is 0.875 bits per heavy atom. The molecule has 0 aromatic heterocycles. The summed E-state index contributed by atoms with van der Waals surface area (Å²) in [7, 11) is 0. The van der Waals surface area contributed by atoms with Gasteiger partial charge in [-0.25, -0.2) is 0 Å². The first-order valence-electron chi connectivity index (χ1n) is 5.46. The zero-order chi connectivity index (χ0) is 11.5. The molecule has 0 bridgehead atoms. The monoisotopic (exact) mass is 230 g/mol. The molecule has 0 nitrogen and oxygen atoms in total. The zero-order valence-electron chi connectivity index (χ0n) is 9.63. The Labute approximate surface area is 102 Å². The highest BCUT2D eigenvalue weighted by Crippen LogP contribution is 2.20. The molecule has 1 heteroatoms. The van der Waals surface area contributed by atoms with Crippen LogP contribution < -0.4 is 0 Å². The van der Waals surface area contributed by atoms with Gasteiger partial charge < -0.3 is 0 Å². The molecule has 16 heavy (non-hydrogen) atoms. The number of aryl methyl sites for hydroxylation is 2. The molecule has 0 saturated heterocycles. The van der Waals surface area contributed by atoms with E-state index in [9.17, 15) is 0 Å². The third-order valence-corrected chi connectivity index (χ3v) is 3.08. The summed E-state index contributed by atoms with van der Waals surface area (Å²) in [5.41, 5.74) is 4.99. The first kappa shape index (κ1) is 11.2. The number of benzene rings is 2. The van der Waals surface area contributed by atoms with Gasteiger partial charge in [0.1, 0.15) is 0 Å². The minimum Gasteiger partial charge on any atom is -0.0840 e. The standard InChI is InChI=1S/C15H15Cl/c1-11-3-6-13(7-4-11)10-14-8-5-12(2)9-15(14)16/h3-9H,10H2,1-2H3. The largest absolute Gasteiger partial charge is 0.0840 e. The SMILES string of the molecule is Cc1ccc(Cc2ccc(C)cc2Cl)cc1. The van der Waals surface area contributed by atoms with Gasteiger partial charge in [-0.2, -0.15) is 0 Å². The van der Waals surface area contributed by atoms with Gasteiger partial charge in [0.25, 0.3) is 0 Å². The van der Waals surface area contributed by atoms with Crippen LogP contribution in [0.1, 0.15) is 22.3 Å². The lowest BCUT2D eigenvalue weighted by atomic mass is 10.0. The van der Waals surface area contributed by atoms with E-state index in [-0.39, 0.29) is 0 Å². The molecule has 0 fully saturated rings. The van der Waals surface area contributed by atoms with Crippen LogP contribution in [0, 0.1) is 13.8 Å². The van der Waals surface area contributed by atoms with Crippen LogP contribution >= 0.6 is 11.6 Å². The molecule has 0 aliphatic carbocycles. The lowest BCUT2D eigenvalue weighted by Crippen LogP contribution is -1.90. The van der Waals surface area contributed by atoms with Gasteiger partial charge in [0.2, 0.25) is 0 Å². The van der Waals surface area contributed by atoms with Crippen molar-refractivity contribution in [1.29, 1.82) is 0 Å². The van der Waals surface area contributed by atoms with Crippen molar-refractivity contribution in [3.05, 3.63) is 69.7 Å². The van der Waals surface area contributed by atoms with E-state index < -0.39 is 0 Å². The van der Waals surface area contributed by atoms with Gasteiger partial charge in [-0.1, -0.05) is 53.6 Å². The third-order valence-electron chi connectivity index (χ3n) is 2.72. The third kappa shape index (κ3) is 2.65. The average molecular weight is 231 g/mol. The highest BCUT2D eigenvalue weighted by Gasteiger charge is 2.01. The van der Waals surface area contributed by atoms with E-state index >= 15 is 0 Å². The van der Waals surface area contributed by atoms with Gasteiger partial charge in [0, 0.05) is 5.02 Å². The van der Waals surface area contributed by atoms with Crippen LogP contribution in [0.2, 0.25) is 5.02 Å². The van der Waals surface area contributed by atoms with Crippen molar-refractivity contribution < 1.29 is 0 Å². The van der Waals surface area contributed by atoms with E-state index in [1.165, 1.54) is 22.3 Å². The molecule has 2 aromatic rings. The molecule has 0 atom stereocenters. The van der Waals surface area contributed by atoms with Crippen LogP contribution in [-0.2, 0) is 6.42 Å². The second-order valence-corrected chi connectivity index (χ2v) is 4.66. The van der Waals surface area contributed by atoms with Crippen LogP contribution in [0.15, 0.2) is 42.5 Å². The predicted molar refractivity (Wildman–Crippen MR) is 70.2 cm³/mol. The Bertz CT molecular complexity index is 483. The first-order chi connectivity index (χ1) is 7.65. The quantitative estimate of drug-likeness (QED) is 0.710. The lowest BCUT2D eigenvalue weighted by Gasteiger charge is -2.06. The maximum absolute atomic E-state index is 6.21. The summed E-state index contributed by atoms with van der Waals surface area (Å²) in [6.45, 7) is 4.16. The van der Waals surface area contributed by atoms with Gasteiger partial charge in [0.15, 0.2) is 0 Å². The van der Waals surface area contributed by atoms with Crippen LogP contribution in [0.3, 0.4) is 0 Å². The van der Waals surface area contributed by atoms with Crippen molar-refractivity contribution in [2.45, 2.75) is 20.3 Å². The number of rotatable bonds is 2. The number of hydrogen-bond donors (Lipinski definition) is 0. The Hall–Kier alpha value is -1.27. The highest BCUT2D eigenvalue weighted by atomic mass is 35.5. The molecular weight excluding hydrogens is 216 g/mol. The minimum atomic E-state index is 0.862. The van der Waals surface area contributed by atoms with Crippen molar-refractivity contribution >= 4 is 11.6 Å². The van der Waals surface area contributed by atoms with Crippen molar-refractivity contribution in [3.8, 4) is 0 Å². The fourth-order valence-corrected chi connectivity index (χ4v) is 2.02. The molecule has 82 valence electrons. The highest BCUT2D eigenvalue weighted by molar-refractivity contribution is 6.31. The Morgan fingerprint density at radius 3 is 2.12 bits per heavy atom. The molecule has 0 aliphatic heterocycles. The summed E-state index contributed by atoms with van der Waals surface area (Å²) in [6.07, 6.45) is 0.902. The van der Waals surface area contributed by atoms with Gasteiger partial charge in [0.05, 0.1) is 0 Å². The summed E-state index contributed by atoms with van der Waals surface area (Å²) in [6, 6.07) is 14.8. The van der Waals surface area contributed by atoms with Gasteiger partial charge >= 0.3 is 0 Å². The van der Waals surface area contributed by atoms with E-state index in [0.717, 1.165) is 11.4 Å². The van der Waals surface area contributed by atoms with Crippen LogP contribution in [0.25, 0.3) is 0 Å². The Morgan fingerprint density at radius 2 is 1.50 bits per heavy atom. The molecule has 0 saturated carbocycles. The van der Waals surface area contributed by atoms with E-state index in [1.807, 2.05) is 6.07 Å². The van der Waals surface area contributed by atoms with E-state index in [2.05, 4.69) is 50.2 Å². The van der Waals surface area contributed by atoms with Crippen molar-refractivity contribution in [2.24, 2.45) is 0 Å². The molecule has 0 heterocycles.